The number of ketones is 1. The zero-order chi connectivity index (χ0) is 20.5. The van der Waals surface area contributed by atoms with E-state index in [2.05, 4.69) is 20.9 Å². The number of nitrogens with zero attached hydrogens (tertiary/aromatic N) is 2. The van der Waals surface area contributed by atoms with E-state index in [1.54, 1.807) is 72.9 Å². The van der Waals surface area contributed by atoms with Crippen molar-refractivity contribution in [2.45, 2.75) is 6.04 Å². The fourth-order valence-corrected chi connectivity index (χ4v) is 3.68. The van der Waals surface area contributed by atoms with Gasteiger partial charge in [0.1, 0.15) is 11.6 Å². The molecule has 1 N–H and O–H groups in total. The largest absolute Gasteiger partial charge is 0.507 e. The standard InChI is InChI=1S/C22H14BrClN2O3/c23-15-8-4-14(5-9-15)20(27)18-19(13-6-10-16(24)11-7-13)26(22(29)21(18)28)17-3-1-2-12-25-17/h1-12,19,27H. The lowest BCUT2D eigenvalue weighted by atomic mass is 9.95. The Bertz CT molecular complexity index is 1110. The first-order chi connectivity index (χ1) is 14.0. The third-order valence-corrected chi connectivity index (χ3v) is 5.42. The van der Waals surface area contributed by atoms with Crippen LogP contribution in [0.4, 0.5) is 5.82 Å². The molecule has 4 rings (SSSR count). The smallest absolute Gasteiger partial charge is 0.301 e. The van der Waals surface area contributed by atoms with E-state index in [1.165, 1.54) is 4.90 Å². The molecule has 1 atom stereocenters. The molecule has 1 fully saturated rings. The summed E-state index contributed by atoms with van der Waals surface area (Å²) in [6, 6.07) is 17.9. The predicted octanol–water partition coefficient (Wildman–Crippen LogP) is 5.12. The van der Waals surface area contributed by atoms with Crippen LogP contribution in [0.25, 0.3) is 5.76 Å². The molecule has 0 spiro atoms. The third kappa shape index (κ3) is 3.57. The first kappa shape index (κ1) is 19.4. The summed E-state index contributed by atoms with van der Waals surface area (Å²) in [6.07, 6.45) is 1.54. The highest BCUT2D eigenvalue weighted by Crippen LogP contribution is 2.41. The van der Waals surface area contributed by atoms with Crippen LogP contribution in [0.1, 0.15) is 17.2 Å². The minimum atomic E-state index is -0.828. The number of aromatic nitrogens is 1. The molecule has 29 heavy (non-hydrogen) atoms. The average molecular weight is 470 g/mol. The molecule has 2 heterocycles. The maximum atomic E-state index is 12.9. The van der Waals surface area contributed by atoms with E-state index in [0.29, 0.717) is 22.0 Å². The number of aliphatic hydroxyl groups excluding tert-OH is 1. The number of carbonyl (C=O) groups excluding carboxylic acids is 2. The number of hydrogen-bond acceptors (Lipinski definition) is 4. The molecule has 144 valence electrons. The maximum absolute atomic E-state index is 12.9. The second-order valence-corrected chi connectivity index (χ2v) is 7.77. The lowest BCUT2D eigenvalue weighted by Crippen LogP contribution is -2.30. The third-order valence-electron chi connectivity index (χ3n) is 4.64. The Kier molecular flexibility index (Phi) is 5.22. The van der Waals surface area contributed by atoms with Gasteiger partial charge in [-0.3, -0.25) is 14.5 Å². The zero-order valence-electron chi connectivity index (χ0n) is 14.9. The number of halogens is 2. The zero-order valence-corrected chi connectivity index (χ0v) is 17.3. The monoisotopic (exact) mass is 468 g/mol. The lowest BCUT2D eigenvalue weighted by molar-refractivity contribution is -0.132. The lowest BCUT2D eigenvalue weighted by Gasteiger charge is -2.24. The molecule has 7 heteroatoms. The molecule has 1 aliphatic rings. The summed E-state index contributed by atoms with van der Waals surface area (Å²) in [4.78, 5) is 31.4. The van der Waals surface area contributed by atoms with Crippen LogP contribution in [0.15, 0.2) is 83.0 Å². The number of carbonyl (C=O) groups is 2. The van der Waals surface area contributed by atoms with E-state index in [4.69, 9.17) is 11.6 Å². The van der Waals surface area contributed by atoms with E-state index >= 15 is 0 Å². The van der Waals surface area contributed by atoms with Crippen molar-refractivity contribution < 1.29 is 14.7 Å². The molecule has 0 radical (unpaired) electrons. The van der Waals surface area contributed by atoms with Gasteiger partial charge < -0.3 is 5.11 Å². The molecule has 3 aromatic rings. The van der Waals surface area contributed by atoms with Crippen molar-refractivity contribution in [1.82, 2.24) is 4.98 Å². The molecule has 1 saturated heterocycles. The molecular formula is C22H14BrClN2O3. The molecule has 0 bridgehead atoms. The number of amides is 1. The molecule has 2 aromatic carbocycles. The topological polar surface area (TPSA) is 70.5 Å². The number of benzene rings is 2. The van der Waals surface area contributed by atoms with Crippen LogP contribution in [0.2, 0.25) is 5.02 Å². The first-order valence-corrected chi connectivity index (χ1v) is 9.88. The van der Waals surface area contributed by atoms with Crippen molar-refractivity contribution in [1.29, 1.82) is 0 Å². The highest BCUT2D eigenvalue weighted by molar-refractivity contribution is 9.10. The molecular weight excluding hydrogens is 456 g/mol. The van der Waals surface area contributed by atoms with Crippen molar-refractivity contribution in [3.05, 3.63) is 99.1 Å². The number of pyridine rings is 1. The summed E-state index contributed by atoms with van der Waals surface area (Å²) in [5.74, 6) is -1.43. The van der Waals surface area contributed by atoms with Crippen LogP contribution < -0.4 is 4.90 Å². The fraction of sp³-hybridized carbons (Fsp3) is 0.0455. The van der Waals surface area contributed by atoms with Crippen molar-refractivity contribution in [2.24, 2.45) is 0 Å². The minimum absolute atomic E-state index is 0.00491. The number of aliphatic hydroxyl groups is 1. The van der Waals surface area contributed by atoms with E-state index in [0.717, 1.165) is 4.47 Å². The summed E-state index contributed by atoms with van der Waals surface area (Å²) in [6.45, 7) is 0. The SMILES string of the molecule is O=C1C(=O)N(c2ccccn2)C(c2ccc(Cl)cc2)C1=C(O)c1ccc(Br)cc1. The molecule has 0 aliphatic carbocycles. The molecule has 1 unspecified atom stereocenters. The second kappa shape index (κ2) is 7.81. The van der Waals surface area contributed by atoms with Crippen LogP contribution in [-0.4, -0.2) is 21.8 Å². The van der Waals surface area contributed by atoms with E-state index in [1.807, 2.05) is 0 Å². The van der Waals surface area contributed by atoms with Gasteiger partial charge in [0.15, 0.2) is 0 Å². The van der Waals surface area contributed by atoms with Crippen LogP contribution in [0.3, 0.4) is 0 Å². The normalized spacial score (nSPS) is 18.3. The molecule has 0 saturated carbocycles. The van der Waals surface area contributed by atoms with Gasteiger partial charge in [-0.1, -0.05) is 57.9 Å². The Labute approximate surface area is 180 Å². The molecule has 1 aliphatic heterocycles. The summed E-state index contributed by atoms with van der Waals surface area (Å²) in [7, 11) is 0. The Morgan fingerprint density at radius 1 is 1.00 bits per heavy atom. The van der Waals surface area contributed by atoms with Gasteiger partial charge in [-0.2, -0.15) is 0 Å². The Morgan fingerprint density at radius 2 is 1.69 bits per heavy atom. The van der Waals surface area contributed by atoms with E-state index in [-0.39, 0.29) is 11.3 Å². The van der Waals surface area contributed by atoms with Gasteiger partial charge in [0, 0.05) is 21.3 Å². The average Bonchev–Trinajstić information content (AvgIpc) is 3.00. The summed E-state index contributed by atoms with van der Waals surface area (Å²) < 4.78 is 0.831. The van der Waals surface area contributed by atoms with Gasteiger partial charge in [-0.05, 0) is 42.0 Å². The van der Waals surface area contributed by atoms with Crippen LogP contribution >= 0.6 is 27.5 Å². The fourth-order valence-electron chi connectivity index (χ4n) is 3.29. The van der Waals surface area contributed by atoms with Gasteiger partial charge in [-0.15, -0.1) is 0 Å². The Balaban J connectivity index is 1.94. The van der Waals surface area contributed by atoms with E-state index < -0.39 is 17.7 Å². The van der Waals surface area contributed by atoms with Gasteiger partial charge in [0.25, 0.3) is 5.78 Å². The Morgan fingerprint density at radius 3 is 2.31 bits per heavy atom. The van der Waals surface area contributed by atoms with Crippen LogP contribution in [0.5, 0.6) is 0 Å². The summed E-state index contributed by atoms with van der Waals surface area (Å²) in [5.41, 5.74) is 1.08. The highest BCUT2D eigenvalue weighted by atomic mass is 79.9. The van der Waals surface area contributed by atoms with Crippen LogP contribution in [0, 0.1) is 0 Å². The highest BCUT2D eigenvalue weighted by Gasteiger charge is 2.47. The number of rotatable bonds is 3. The minimum Gasteiger partial charge on any atom is -0.507 e. The quantitative estimate of drug-likeness (QED) is 0.328. The molecule has 1 aromatic heterocycles. The molecule has 1 amide bonds. The van der Waals surface area contributed by atoms with Gasteiger partial charge >= 0.3 is 5.91 Å². The van der Waals surface area contributed by atoms with Crippen molar-refractivity contribution in [3.63, 3.8) is 0 Å². The predicted molar refractivity (Wildman–Crippen MR) is 115 cm³/mol. The van der Waals surface area contributed by atoms with Crippen molar-refractivity contribution in [2.75, 3.05) is 4.90 Å². The van der Waals surface area contributed by atoms with Crippen molar-refractivity contribution >= 4 is 50.8 Å². The summed E-state index contributed by atoms with van der Waals surface area (Å²) in [5, 5.41) is 11.5. The van der Waals surface area contributed by atoms with Gasteiger partial charge in [0.05, 0.1) is 11.6 Å². The number of hydrogen-bond donors (Lipinski definition) is 1. The second-order valence-electron chi connectivity index (χ2n) is 6.42. The van der Waals surface area contributed by atoms with Crippen LogP contribution in [-0.2, 0) is 9.59 Å². The summed E-state index contributed by atoms with van der Waals surface area (Å²) >= 11 is 9.36. The van der Waals surface area contributed by atoms with Crippen molar-refractivity contribution in [3.8, 4) is 0 Å². The molecule has 5 nitrogen and oxygen atoms in total. The van der Waals surface area contributed by atoms with Gasteiger partial charge in [0.2, 0.25) is 0 Å². The van der Waals surface area contributed by atoms with E-state index in [9.17, 15) is 14.7 Å². The number of anilines is 1. The Hall–Kier alpha value is -2.96. The first-order valence-electron chi connectivity index (χ1n) is 8.71. The van der Waals surface area contributed by atoms with Gasteiger partial charge in [-0.25, -0.2) is 4.98 Å². The number of Topliss-reactive ketones (excluding diaryl/α,β-unsaturated/α-hetero) is 1. The maximum Gasteiger partial charge on any atom is 0.301 e.